The van der Waals surface area contributed by atoms with Gasteiger partial charge in [-0.25, -0.2) is 0 Å². The molecule has 126 valence electrons. The molecule has 23 heavy (non-hydrogen) atoms. The Morgan fingerprint density at radius 3 is 2.57 bits per heavy atom. The van der Waals surface area contributed by atoms with E-state index in [1.54, 1.807) is 0 Å². The summed E-state index contributed by atoms with van der Waals surface area (Å²) in [5.41, 5.74) is 8.35. The number of carbonyl (C=O) groups is 2. The molecule has 1 saturated carbocycles. The topological polar surface area (TPSA) is 84.2 Å². The Bertz CT molecular complexity index is 571. The van der Waals surface area contributed by atoms with Crippen LogP contribution in [0.3, 0.4) is 0 Å². The zero-order valence-electron chi connectivity index (χ0n) is 14.0. The van der Waals surface area contributed by atoms with Crippen LogP contribution in [0.1, 0.15) is 51.0 Å². The number of rotatable bonds is 5. The molecular weight excluding hydrogens is 290 g/mol. The smallest absolute Gasteiger partial charge is 0.227 e. The number of nitrogens with two attached hydrogens (primary N) is 1. The molecule has 0 spiro atoms. The van der Waals surface area contributed by atoms with Crippen molar-refractivity contribution in [3.8, 4) is 0 Å². The molecule has 1 aliphatic rings. The number of benzene rings is 1. The molecule has 2 unspecified atom stereocenters. The summed E-state index contributed by atoms with van der Waals surface area (Å²) in [6, 6.07) is 5.69. The number of hydrogen-bond acceptors (Lipinski definition) is 3. The van der Waals surface area contributed by atoms with Crippen LogP contribution < -0.4 is 16.4 Å². The summed E-state index contributed by atoms with van der Waals surface area (Å²) in [4.78, 5) is 24.2. The second kappa shape index (κ2) is 8.11. The van der Waals surface area contributed by atoms with Crippen molar-refractivity contribution in [1.82, 2.24) is 0 Å². The third-order valence-electron chi connectivity index (χ3n) is 4.43. The molecule has 2 rings (SSSR count). The maximum atomic E-state index is 12.4. The van der Waals surface area contributed by atoms with Gasteiger partial charge in [0.1, 0.15) is 0 Å². The average molecular weight is 317 g/mol. The zero-order valence-corrected chi connectivity index (χ0v) is 14.0. The second-order valence-electron chi connectivity index (χ2n) is 6.39. The molecule has 4 N–H and O–H groups in total. The lowest BCUT2D eigenvalue weighted by atomic mass is 9.85. The molecule has 0 aromatic heterocycles. The fourth-order valence-corrected chi connectivity index (χ4v) is 3.05. The average Bonchev–Trinajstić information content (AvgIpc) is 2.51. The first-order valence-corrected chi connectivity index (χ1v) is 8.47. The van der Waals surface area contributed by atoms with Crippen molar-refractivity contribution >= 4 is 23.2 Å². The minimum atomic E-state index is -0.0171. The van der Waals surface area contributed by atoms with Crippen LogP contribution >= 0.6 is 0 Å². The predicted molar refractivity (Wildman–Crippen MR) is 93.3 cm³/mol. The van der Waals surface area contributed by atoms with Crippen LogP contribution in [0.4, 0.5) is 11.4 Å². The van der Waals surface area contributed by atoms with E-state index < -0.39 is 0 Å². The lowest BCUT2D eigenvalue weighted by Gasteiger charge is -2.26. The largest absolute Gasteiger partial charge is 0.328 e. The summed E-state index contributed by atoms with van der Waals surface area (Å²) >= 11 is 0. The van der Waals surface area contributed by atoms with Crippen molar-refractivity contribution in [3.63, 3.8) is 0 Å². The van der Waals surface area contributed by atoms with E-state index in [4.69, 9.17) is 5.73 Å². The van der Waals surface area contributed by atoms with Crippen molar-refractivity contribution in [2.45, 2.75) is 58.4 Å². The highest BCUT2D eigenvalue weighted by molar-refractivity contribution is 5.96. The first kappa shape index (κ1) is 17.5. The third kappa shape index (κ3) is 4.79. The van der Waals surface area contributed by atoms with Crippen LogP contribution in [0.2, 0.25) is 0 Å². The van der Waals surface area contributed by atoms with Gasteiger partial charge in [-0.3, -0.25) is 9.59 Å². The molecular formula is C18H27N3O2. The fraction of sp³-hybridized carbons (Fsp3) is 0.556. The van der Waals surface area contributed by atoms with Gasteiger partial charge in [0.15, 0.2) is 0 Å². The molecule has 1 aliphatic carbocycles. The van der Waals surface area contributed by atoms with Crippen molar-refractivity contribution in [2.75, 3.05) is 10.6 Å². The van der Waals surface area contributed by atoms with Gasteiger partial charge in [-0.2, -0.15) is 0 Å². The number of carbonyl (C=O) groups excluding carboxylic acids is 2. The van der Waals surface area contributed by atoms with Gasteiger partial charge in [0, 0.05) is 29.8 Å². The number of hydrogen-bond donors (Lipinski definition) is 3. The molecule has 0 bridgehead atoms. The quantitative estimate of drug-likeness (QED) is 0.779. The number of nitrogens with one attached hydrogen (secondary N) is 2. The van der Waals surface area contributed by atoms with Crippen LogP contribution in [0.15, 0.2) is 18.2 Å². The molecule has 0 heterocycles. The van der Waals surface area contributed by atoms with E-state index in [0.717, 1.165) is 49.0 Å². The molecule has 0 aliphatic heterocycles. The Balaban J connectivity index is 2.05. The summed E-state index contributed by atoms with van der Waals surface area (Å²) < 4.78 is 0. The van der Waals surface area contributed by atoms with E-state index >= 15 is 0 Å². The highest BCUT2D eigenvalue weighted by Gasteiger charge is 2.25. The fourth-order valence-electron chi connectivity index (χ4n) is 3.05. The predicted octanol–water partition coefficient (Wildman–Crippen LogP) is 3.19. The van der Waals surface area contributed by atoms with E-state index in [0.29, 0.717) is 6.42 Å². The van der Waals surface area contributed by atoms with Crippen LogP contribution in [0.25, 0.3) is 0 Å². The van der Waals surface area contributed by atoms with Crippen LogP contribution in [-0.4, -0.2) is 17.9 Å². The third-order valence-corrected chi connectivity index (χ3v) is 4.43. The molecule has 1 fully saturated rings. The molecule has 0 saturated heterocycles. The minimum absolute atomic E-state index is 0.00247. The Morgan fingerprint density at radius 1 is 1.22 bits per heavy atom. The lowest BCUT2D eigenvalue weighted by molar-refractivity contribution is -0.121. The normalized spacial score (nSPS) is 20.8. The SMILES string of the molecule is CCCC(=O)Nc1cccc(NC(=O)C2CCCC(N)C2)c1C. The summed E-state index contributed by atoms with van der Waals surface area (Å²) in [6.45, 7) is 3.88. The van der Waals surface area contributed by atoms with E-state index in [-0.39, 0.29) is 23.8 Å². The maximum Gasteiger partial charge on any atom is 0.227 e. The van der Waals surface area contributed by atoms with E-state index in [2.05, 4.69) is 10.6 Å². The second-order valence-corrected chi connectivity index (χ2v) is 6.39. The molecule has 5 nitrogen and oxygen atoms in total. The van der Waals surface area contributed by atoms with Crippen molar-refractivity contribution in [2.24, 2.45) is 11.7 Å². The molecule has 1 aromatic carbocycles. The van der Waals surface area contributed by atoms with Crippen molar-refractivity contribution in [3.05, 3.63) is 23.8 Å². The van der Waals surface area contributed by atoms with Gasteiger partial charge in [-0.15, -0.1) is 0 Å². The van der Waals surface area contributed by atoms with Gasteiger partial charge in [-0.05, 0) is 50.3 Å². The van der Waals surface area contributed by atoms with E-state index in [9.17, 15) is 9.59 Å². The first-order chi connectivity index (χ1) is 11.0. The van der Waals surface area contributed by atoms with Gasteiger partial charge in [0.25, 0.3) is 0 Å². The van der Waals surface area contributed by atoms with Gasteiger partial charge < -0.3 is 16.4 Å². The van der Waals surface area contributed by atoms with Crippen LogP contribution in [-0.2, 0) is 9.59 Å². The monoisotopic (exact) mass is 317 g/mol. The Hall–Kier alpha value is -1.88. The van der Waals surface area contributed by atoms with Gasteiger partial charge >= 0.3 is 0 Å². The van der Waals surface area contributed by atoms with Crippen LogP contribution in [0.5, 0.6) is 0 Å². The Labute approximate surface area is 138 Å². The highest BCUT2D eigenvalue weighted by Crippen LogP contribution is 2.27. The van der Waals surface area contributed by atoms with Crippen LogP contribution in [0, 0.1) is 12.8 Å². The summed E-state index contributed by atoms with van der Waals surface area (Å²) in [5, 5.41) is 5.90. The maximum absolute atomic E-state index is 12.4. The van der Waals surface area contributed by atoms with E-state index in [1.807, 2.05) is 32.0 Å². The number of anilines is 2. The molecule has 2 amide bonds. The van der Waals surface area contributed by atoms with Gasteiger partial charge in [0.05, 0.1) is 0 Å². The Kier molecular flexibility index (Phi) is 6.16. The molecule has 1 aromatic rings. The van der Waals surface area contributed by atoms with Crippen molar-refractivity contribution < 1.29 is 9.59 Å². The lowest BCUT2D eigenvalue weighted by Crippen LogP contribution is -2.34. The molecule has 5 heteroatoms. The first-order valence-electron chi connectivity index (χ1n) is 8.47. The van der Waals surface area contributed by atoms with E-state index in [1.165, 1.54) is 0 Å². The minimum Gasteiger partial charge on any atom is -0.328 e. The standard InChI is InChI=1S/C18H27N3O2/c1-3-6-17(22)20-15-9-5-10-16(12(15)2)21-18(23)13-7-4-8-14(19)11-13/h5,9-10,13-14H,3-4,6-8,11,19H2,1-2H3,(H,20,22)(H,21,23). The summed E-state index contributed by atoms with van der Waals surface area (Å²) in [7, 11) is 0. The Morgan fingerprint density at radius 2 is 1.91 bits per heavy atom. The molecule has 0 radical (unpaired) electrons. The summed E-state index contributed by atoms with van der Waals surface area (Å²) in [5.74, 6) is 0.00843. The van der Waals surface area contributed by atoms with Gasteiger partial charge in [-0.1, -0.05) is 19.4 Å². The van der Waals surface area contributed by atoms with Crippen molar-refractivity contribution in [1.29, 1.82) is 0 Å². The molecule has 2 atom stereocenters. The highest BCUT2D eigenvalue weighted by atomic mass is 16.2. The number of amides is 2. The summed E-state index contributed by atoms with van der Waals surface area (Å²) in [6.07, 6.45) is 4.95. The van der Waals surface area contributed by atoms with Gasteiger partial charge in [0.2, 0.25) is 11.8 Å². The zero-order chi connectivity index (χ0) is 16.8.